The Kier molecular flexibility index (Phi) is 5.17. The van der Waals surface area contributed by atoms with Crippen LogP contribution in [0.3, 0.4) is 0 Å². The van der Waals surface area contributed by atoms with Crippen LogP contribution in [0.2, 0.25) is 0 Å². The van der Waals surface area contributed by atoms with Crippen LogP contribution in [0.15, 0.2) is 103 Å². The fourth-order valence-electron chi connectivity index (χ4n) is 5.22. The minimum absolute atomic E-state index is 0.119. The maximum Gasteiger partial charge on any atom is 0.174 e. The molecule has 0 amide bonds. The molecule has 0 unspecified atom stereocenters. The zero-order valence-corrected chi connectivity index (χ0v) is 22.3. The lowest BCUT2D eigenvalue weighted by Crippen LogP contribution is -2.10. The van der Waals surface area contributed by atoms with E-state index in [1.165, 1.54) is 27.9 Å². The average Bonchev–Trinajstić information content (AvgIpc) is 3.56. The molecular formula is C33H26N4S. The molecule has 0 aliphatic heterocycles. The van der Waals surface area contributed by atoms with Gasteiger partial charge in [0, 0.05) is 33.8 Å². The Morgan fingerprint density at radius 3 is 2.39 bits per heavy atom. The SMILES string of the molecule is CC(C)(C)c1ccc(-c2nc(-c3cccc4c3c3cccnc3n4-c3ccc4ccccc4c3)ns2)cc1. The van der Waals surface area contributed by atoms with E-state index >= 15 is 0 Å². The maximum atomic E-state index is 5.00. The number of pyridine rings is 1. The predicted octanol–water partition coefficient (Wildman–Crippen LogP) is 8.81. The second-order valence-corrected chi connectivity index (χ2v) is 11.4. The van der Waals surface area contributed by atoms with Crippen LogP contribution in [0, 0.1) is 0 Å². The molecule has 7 rings (SSSR count). The van der Waals surface area contributed by atoms with Crippen molar-refractivity contribution < 1.29 is 0 Å². The van der Waals surface area contributed by atoms with Crippen LogP contribution in [0.5, 0.6) is 0 Å². The Bertz CT molecular complexity index is 1960. The van der Waals surface area contributed by atoms with E-state index in [1.54, 1.807) is 0 Å². The first-order valence-electron chi connectivity index (χ1n) is 12.8. The number of hydrogen-bond acceptors (Lipinski definition) is 4. The van der Waals surface area contributed by atoms with Crippen LogP contribution in [0.25, 0.3) is 60.4 Å². The fourth-order valence-corrected chi connectivity index (χ4v) is 5.90. The molecule has 0 fully saturated rings. The zero-order valence-electron chi connectivity index (χ0n) is 21.5. The van der Waals surface area contributed by atoms with E-state index in [4.69, 9.17) is 14.3 Å². The number of nitrogens with zero attached hydrogens (tertiary/aromatic N) is 4. The molecule has 184 valence electrons. The highest BCUT2D eigenvalue weighted by Gasteiger charge is 2.20. The third-order valence-corrected chi connectivity index (χ3v) is 7.97. The predicted molar refractivity (Wildman–Crippen MR) is 159 cm³/mol. The summed E-state index contributed by atoms with van der Waals surface area (Å²) in [6.45, 7) is 6.69. The van der Waals surface area contributed by atoms with Crippen molar-refractivity contribution in [1.29, 1.82) is 0 Å². The van der Waals surface area contributed by atoms with E-state index in [0.29, 0.717) is 0 Å². The van der Waals surface area contributed by atoms with Gasteiger partial charge in [-0.1, -0.05) is 87.5 Å². The van der Waals surface area contributed by atoms with Gasteiger partial charge in [0.2, 0.25) is 0 Å². The van der Waals surface area contributed by atoms with Gasteiger partial charge >= 0.3 is 0 Å². The lowest BCUT2D eigenvalue weighted by atomic mass is 9.87. The first-order chi connectivity index (χ1) is 18.5. The Morgan fingerprint density at radius 2 is 1.58 bits per heavy atom. The number of rotatable bonds is 3. The first kappa shape index (κ1) is 22.8. The minimum Gasteiger partial charge on any atom is -0.294 e. The van der Waals surface area contributed by atoms with E-state index in [2.05, 4.69) is 116 Å². The molecule has 3 aromatic heterocycles. The highest BCUT2D eigenvalue weighted by atomic mass is 32.1. The van der Waals surface area contributed by atoms with Crippen molar-refractivity contribution >= 4 is 44.2 Å². The molecule has 0 aliphatic carbocycles. The smallest absolute Gasteiger partial charge is 0.174 e. The van der Waals surface area contributed by atoms with Gasteiger partial charge < -0.3 is 0 Å². The van der Waals surface area contributed by atoms with Crippen LogP contribution >= 0.6 is 11.5 Å². The summed E-state index contributed by atoms with van der Waals surface area (Å²) in [6.07, 6.45) is 1.86. The standard InChI is InChI=1S/C33H26N4S/c1-33(2,3)24-16-13-22(14-17-24)32-35-30(36-38-32)26-10-6-12-28-29(26)27-11-7-19-34-31(27)37(28)25-18-15-21-8-4-5-9-23(21)20-25/h4-20H,1-3H3. The second-order valence-electron chi connectivity index (χ2n) is 10.7. The largest absolute Gasteiger partial charge is 0.294 e. The molecule has 0 saturated carbocycles. The molecule has 0 N–H and O–H groups in total. The van der Waals surface area contributed by atoms with Crippen molar-refractivity contribution in [3.8, 4) is 27.6 Å². The fraction of sp³-hybridized carbons (Fsp3) is 0.121. The lowest BCUT2D eigenvalue weighted by molar-refractivity contribution is 0.590. The minimum atomic E-state index is 0.119. The Balaban J connectivity index is 1.40. The van der Waals surface area contributed by atoms with Crippen LogP contribution in [-0.2, 0) is 5.41 Å². The summed E-state index contributed by atoms with van der Waals surface area (Å²) in [7, 11) is 0. The molecule has 38 heavy (non-hydrogen) atoms. The van der Waals surface area contributed by atoms with Gasteiger partial charge in [-0.15, -0.1) is 0 Å². The summed E-state index contributed by atoms with van der Waals surface area (Å²) in [6, 6.07) is 34.2. The van der Waals surface area contributed by atoms with Crippen molar-refractivity contribution in [2.45, 2.75) is 26.2 Å². The van der Waals surface area contributed by atoms with Gasteiger partial charge in [0.15, 0.2) is 5.82 Å². The van der Waals surface area contributed by atoms with Gasteiger partial charge in [0.1, 0.15) is 10.7 Å². The van der Waals surface area contributed by atoms with Crippen LogP contribution in [0.4, 0.5) is 0 Å². The van der Waals surface area contributed by atoms with E-state index in [1.807, 2.05) is 12.3 Å². The molecule has 0 spiro atoms. The van der Waals surface area contributed by atoms with Crippen LogP contribution in [-0.4, -0.2) is 18.9 Å². The van der Waals surface area contributed by atoms with Crippen molar-refractivity contribution in [3.05, 3.63) is 109 Å². The molecule has 4 aromatic carbocycles. The molecule has 0 radical (unpaired) electrons. The number of aromatic nitrogens is 4. The van der Waals surface area contributed by atoms with Crippen molar-refractivity contribution in [1.82, 2.24) is 18.9 Å². The highest BCUT2D eigenvalue weighted by molar-refractivity contribution is 7.09. The number of hydrogen-bond donors (Lipinski definition) is 0. The third kappa shape index (κ3) is 3.70. The number of benzene rings is 4. The van der Waals surface area contributed by atoms with Crippen molar-refractivity contribution in [2.24, 2.45) is 0 Å². The van der Waals surface area contributed by atoms with E-state index < -0.39 is 0 Å². The molecule has 0 atom stereocenters. The lowest BCUT2D eigenvalue weighted by Gasteiger charge is -2.18. The summed E-state index contributed by atoms with van der Waals surface area (Å²) in [5, 5.41) is 5.57. The molecule has 4 nitrogen and oxygen atoms in total. The summed E-state index contributed by atoms with van der Waals surface area (Å²) < 4.78 is 7.06. The van der Waals surface area contributed by atoms with E-state index in [0.717, 1.165) is 49.6 Å². The third-order valence-electron chi connectivity index (χ3n) is 7.21. The van der Waals surface area contributed by atoms with Gasteiger partial charge in [-0.2, -0.15) is 4.37 Å². The van der Waals surface area contributed by atoms with Gasteiger partial charge in [-0.3, -0.25) is 4.57 Å². The molecule has 3 heterocycles. The summed E-state index contributed by atoms with van der Waals surface area (Å²) in [4.78, 5) is 9.82. The summed E-state index contributed by atoms with van der Waals surface area (Å²) in [5.41, 5.74) is 6.65. The Morgan fingerprint density at radius 1 is 0.763 bits per heavy atom. The molecule has 0 bridgehead atoms. The van der Waals surface area contributed by atoms with Crippen LogP contribution < -0.4 is 0 Å². The summed E-state index contributed by atoms with van der Waals surface area (Å²) >= 11 is 1.45. The summed E-state index contributed by atoms with van der Waals surface area (Å²) in [5.74, 6) is 0.747. The van der Waals surface area contributed by atoms with Gasteiger partial charge in [0.05, 0.1) is 5.52 Å². The first-order valence-corrected chi connectivity index (χ1v) is 13.6. The van der Waals surface area contributed by atoms with Gasteiger partial charge in [-0.05, 0) is 63.6 Å². The molecule has 0 saturated heterocycles. The molecule has 7 aromatic rings. The van der Waals surface area contributed by atoms with E-state index in [9.17, 15) is 0 Å². The van der Waals surface area contributed by atoms with Gasteiger partial charge in [0.25, 0.3) is 0 Å². The van der Waals surface area contributed by atoms with Crippen molar-refractivity contribution in [2.75, 3.05) is 0 Å². The van der Waals surface area contributed by atoms with Crippen molar-refractivity contribution in [3.63, 3.8) is 0 Å². The maximum absolute atomic E-state index is 5.00. The monoisotopic (exact) mass is 510 g/mol. The average molecular weight is 511 g/mol. The highest BCUT2D eigenvalue weighted by Crippen LogP contribution is 2.38. The zero-order chi connectivity index (χ0) is 25.9. The Hall–Kier alpha value is -4.35. The Labute approximate surface area is 225 Å². The normalized spacial score (nSPS) is 12.1. The second kappa shape index (κ2) is 8.61. The van der Waals surface area contributed by atoms with Crippen LogP contribution in [0.1, 0.15) is 26.3 Å². The number of fused-ring (bicyclic) bond motifs is 4. The topological polar surface area (TPSA) is 43.6 Å². The quantitative estimate of drug-likeness (QED) is 0.238. The molecule has 0 aliphatic rings. The molecule has 5 heteroatoms. The van der Waals surface area contributed by atoms with E-state index in [-0.39, 0.29) is 5.41 Å². The molecular weight excluding hydrogens is 484 g/mol. The van der Waals surface area contributed by atoms with Gasteiger partial charge in [-0.25, -0.2) is 9.97 Å².